The summed E-state index contributed by atoms with van der Waals surface area (Å²) in [6.07, 6.45) is 0. The van der Waals surface area contributed by atoms with Crippen molar-refractivity contribution in [2.24, 2.45) is 0 Å². The molecule has 31 heavy (non-hydrogen) atoms. The minimum atomic E-state index is -3.21. The van der Waals surface area contributed by atoms with Crippen LogP contribution in [0.3, 0.4) is 0 Å². The third-order valence-electron chi connectivity index (χ3n) is 4.03. The van der Waals surface area contributed by atoms with Crippen LogP contribution in [0, 0.1) is 10.1 Å². The first-order valence-electron chi connectivity index (χ1n) is 8.58. The molecule has 0 bridgehead atoms. The second-order valence-electron chi connectivity index (χ2n) is 5.97. The SMILES string of the molecule is COc1cc(C(=O)NCc2nc(-c3ccc(Cl)cc3)cs2)c([N+](=O)[O-])cc1OC(F)F. The molecule has 0 aliphatic carbocycles. The van der Waals surface area contributed by atoms with Crippen molar-refractivity contribution >= 4 is 34.5 Å². The molecular formula is C19H14ClF2N3O5S. The standard InChI is InChI=1S/C19H14ClF2N3O5S/c1-29-15-6-12(14(25(27)28)7-16(15)30-19(21)22)18(26)23-8-17-24-13(9-31-17)10-2-4-11(20)5-3-10/h2-7,9,19H,8H2,1H3,(H,23,26). The van der Waals surface area contributed by atoms with Gasteiger partial charge in [-0.2, -0.15) is 8.78 Å². The Bertz CT molecular complexity index is 1110. The molecule has 12 heteroatoms. The number of carbonyl (C=O) groups is 1. The minimum Gasteiger partial charge on any atom is -0.493 e. The predicted molar refractivity (Wildman–Crippen MR) is 110 cm³/mol. The normalized spacial score (nSPS) is 10.7. The number of halogens is 3. The van der Waals surface area contributed by atoms with Gasteiger partial charge in [-0.3, -0.25) is 14.9 Å². The summed E-state index contributed by atoms with van der Waals surface area (Å²) in [7, 11) is 1.16. The van der Waals surface area contributed by atoms with E-state index >= 15 is 0 Å². The van der Waals surface area contributed by atoms with Crippen molar-refractivity contribution in [3.8, 4) is 22.8 Å². The third-order valence-corrected chi connectivity index (χ3v) is 5.13. The zero-order chi connectivity index (χ0) is 22.5. The number of nitrogens with one attached hydrogen (secondary N) is 1. The summed E-state index contributed by atoms with van der Waals surface area (Å²) in [5.74, 6) is -1.58. The van der Waals surface area contributed by atoms with E-state index in [4.69, 9.17) is 16.3 Å². The van der Waals surface area contributed by atoms with E-state index in [9.17, 15) is 23.7 Å². The largest absolute Gasteiger partial charge is 0.493 e. The Morgan fingerprint density at radius 2 is 2.00 bits per heavy atom. The number of ether oxygens (including phenoxy) is 2. The first-order chi connectivity index (χ1) is 14.8. The second kappa shape index (κ2) is 9.67. The second-order valence-corrected chi connectivity index (χ2v) is 7.35. The number of methoxy groups -OCH3 is 1. The lowest BCUT2D eigenvalue weighted by Crippen LogP contribution is -2.24. The summed E-state index contributed by atoms with van der Waals surface area (Å²) < 4.78 is 34.2. The van der Waals surface area contributed by atoms with Crippen LogP contribution < -0.4 is 14.8 Å². The highest BCUT2D eigenvalue weighted by Gasteiger charge is 2.26. The van der Waals surface area contributed by atoms with E-state index in [1.807, 2.05) is 0 Å². The van der Waals surface area contributed by atoms with Crippen LogP contribution in [0.15, 0.2) is 41.8 Å². The molecule has 0 aliphatic heterocycles. The Morgan fingerprint density at radius 1 is 1.29 bits per heavy atom. The van der Waals surface area contributed by atoms with Crippen LogP contribution >= 0.6 is 22.9 Å². The van der Waals surface area contributed by atoms with E-state index < -0.39 is 28.9 Å². The Labute approximate surface area is 183 Å². The Hall–Kier alpha value is -3.31. The Kier molecular flexibility index (Phi) is 6.98. The third kappa shape index (κ3) is 5.44. The molecule has 2 aromatic carbocycles. The van der Waals surface area contributed by atoms with Gasteiger partial charge in [0.2, 0.25) is 0 Å². The van der Waals surface area contributed by atoms with E-state index in [1.54, 1.807) is 29.6 Å². The zero-order valence-electron chi connectivity index (χ0n) is 15.8. The highest BCUT2D eigenvalue weighted by Crippen LogP contribution is 2.35. The van der Waals surface area contributed by atoms with Gasteiger partial charge in [0, 0.05) is 22.0 Å². The molecule has 0 radical (unpaired) electrons. The molecular weight excluding hydrogens is 456 g/mol. The molecule has 3 rings (SSSR count). The van der Waals surface area contributed by atoms with Gasteiger partial charge in [0.1, 0.15) is 10.6 Å². The van der Waals surface area contributed by atoms with Gasteiger partial charge in [-0.1, -0.05) is 23.7 Å². The Balaban J connectivity index is 1.78. The van der Waals surface area contributed by atoms with Crippen LogP contribution in [-0.2, 0) is 6.54 Å². The van der Waals surface area contributed by atoms with Gasteiger partial charge in [-0.15, -0.1) is 11.3 Å². The molecule has 1 amide bonds. The topological polar surface area (TPSA) is 104 Å². The molecule has 0 unspecified atom stereocenters. The lowest BCUT2D eigenvalue weighted by atomic mass is 10.1. The van der Waals surface area contributed by atoms with Gasteiger partial charge < -0.3 is 14.8 Å². The number of amides is 1. The van der Waals surface area contributed by atoms with Crippen molar-refractivity contribution in [3.63, 3.8) is 0 Å². The summed E-state index contributed by atoms with van der Waals surface area (Å²) in [6.45, 7) is -3.21. The van der Waals surface area contributed by atoms with Gasteiger partial charge in [0.25, 0.3) is 11.6 Å². The number of benzene rings is 2. The van der Waals surface area contributed by atoms with Crippen LogP contribution in [0.4, 0.5) is 14.5 Å². The molecule has 162 valence electrons. The predicted octanol–water partition coefficient (Wildman–Crippen LogP) is 4.91. The monoisotopic (exact) mass is 469 g/mol. The van der Waals surface area contributed by atoms with Gasteiger partial charge in [-0.05, 0) is 12.1 Å². The zero-order valence-corrected chi connectivity index (χ0v) is 17.4. The highest BCUT2D eigenvalue weighted by atomic mass is 35.5. The smallest absolute Gasteiger partial charge is 0.387 e. The molecule has 0 saturated carbocycles. The number of nitro groups is 1. The van der Waals surface area contributed by atoms with E-state index in [2.05, 4.69) is 15.0 Å². The van der Waals surface area contributed by atoms with Crippen molar-refractivity contribution in [1.29, 1.82) is 0 Å². The molecule has 0 aliphatic rings. The van der Waals surface area contributed by atoms with Crippen LogP contribution in [-0.4, -0.2) is 29.5 Å². The summed E-state index contributed by atoms with van der Waals surface area (Å²) in [4.78, 5) is 27.5. The number of carbonyl (C=O) groups excluding carboxylic acids is 1. The van der Waals surface area contributed by atoms with E-state index in [1.165, 1.54) is 11.3 Å². The van der Waals surface area contributed by atoms with Gasteiger partial charge in [0.05, 0.1) is 30.3 Å². The van der Waals surface area contributed by atoms with Crippen molar-refractivity contribution in [1.82, 2.24) is 10.3 Å². The van der Waals surface area contributed by atoms with Crippen molar-refractivity contribution in [2.45, 2.75) is 13.2 Å². The number of nitro benzene ring substituents is 1. The quantitative estimate of drug-likeness (QED) is 0.371. The number of hydrogen-bond donors (Lipinski definition) is 1. The number of hydrogen-bond acceptors (Lipinski definition) is 7. The fraction of sp³-hybridized carbons (Fsp3) is 0.158. The lowest BCUT2D eigenvalue weighted by Gasteiger charge is -2.12. The number of alkyl halides is 2. The fourth-order valence-corrected chi connectivity index (χ4v) is 3.50. The van der Waals surface area contributed by atoms with Crippen molar-refractivity contribution in [2.75, 3.05) is 7.11 Å². The lowest BCUT2D eigenvalue weighted by molar-refractivity contribution is -0.385. The van der Waals surface area contributed by atoms with Gasteiger partial charge in [0.15, 0.2) is 11.5 Å². The van der Waals surface area contributed by atoms with Gasteiger partial charge >= 0.3 is 6.61 Å². The van der Waals surface area contributed by atoms with Crippen LogP contribution in [0.5, 0.6) is 11.5 Å². The average molecular weight is 470 g/mol. The van der Waals surface area contributed by atoms with E-state index in [0.29, 0.717) is 15.7 Å². The fourth-order valence-electron chi connectivity index (χ4n) is 2.63. The molecule has 0 fully saturated rings. The molecule has 8 nitrogen and oxygen atoms in total. The van der Waals surface area contributed by atoms with E-state index in [0.717, 1.165) is 24.8 Å². The molecule has 0 saturated heterocycles. The van der Waals surface area contributed by atoms with Crippen LogP contribution in [0.1, 0.15) is 15.4 Å². The van der Waals surface area contributed by atoms with Crippen molar-refractivity contribution < 1.29 is 28.0 Å². The average Bonchev–Trinajstić information content (AvgIpc) is 3.20. The first kappa shape index (κ1) is 22.4. The number of thiazole rings is 1. The van der Waals surface area contributed by atoms with Gasteiger partial charge in [-0.25, -0.2) is 4.98 Å². The van der Waals surface area contributed by atoms with E-state index in [-0.39, 0.29) is 17.9 Å². The summed E-state index contributed by atoms with van der Waals surface area (Å²) in [5.41, 5.74) is 0.466. The molecule has 1 N–H and O–H groups in total. The van der Waals surface area contributed by atoms with Crippen molar-refractivity contribution in [3.05, 3.63) is 67.5 Å². The maximum Gasteiger partial charge on any atom is 0.387 e. The summed E-state index contributed by atoms with van der Waals surface area (Å²) in [5, 5.41) is 16.8. The summed E-state index contributed by atoms with van der Waals surface area (Å²) >= 11 is 7.16. The summed E-state index contributed by atoms with van der Waals surface area (Å²) in [6, 6.07) is 8.77. The first-order valence-corrected chi connectivity index (χ1v) is 9.84. The highest BCUT2D eigenvalue weighted by molar-refractivity contribution is 7.09. The minimum absolute atomic E-state index is 0.00580. The molecule has 0 spiro atoms. The number of aromatic nitrogens is 1. The maximum atomic E-state index is 12.6. The maximum absolute atomic E-state index is 12.6. The Morgan fingerprint density at radius 3 is 2.61 bits per heavy atom. The molecule has 1 heterocycles. The molecule has 3 aromatic rings. The number of rotatable bonds is 8. The van der Waals surface area contributed by atoms with Crippen LogP contribution in [0.25, 0.3) is 11.3 Å². The molecule has 1 aromatic heterocycles. The molecule has 0 atom stereocenters. The number of nitrogens with zero attached hydrogens (tertiary/aromatic N) is 2. The van der Waals surface area contributed by atoms with Crippen LogP contribution in [0.2, 0.25) is 5.02 Å².